The van der Waals surface area contributed by atoms with Crippen LogP contribution < -0.4 is 0 Å². The number of rotatable bonds is 5. The molecule has 0 amide bonds. The van der Waals surface area contributed by atoms with Crippen molar-refractivity contribution in [1.82, 2.24) is 0 Å². The van der Waals surface area contributed by atoms with Crippen molar-refractivity contribution in [3.05, 3.63) is 59.2 Å². The molecule has 0 aliphatic heterocycles. The van der Waals surface area contributed by atoms with Gasteiger partial charge in [-0.25, -0.2) is 0 Å². The fourth-order valence-corrected chi connectivity index (χ4v) is 3.73. The molecule has 3 rings (SSSR count). The van der Waals surface area contributed by atoms with Gasteiger partial charge in [0.05, 0.1) is 0 Å². The molecule has 2 nitrogen and oxygen atoms in total. The van der Waals surface area contributed by atoms with E-state index >= 15 is 0 Å². The zero-order valence-electron chi connectivity index (χ0n) is 13.8. The monoisotopic (exact) mass is 308 g/mol. The summed E-state index contributed by atoms with van der Waals surface area (Å²) in [7, 11) is 0. The van der Waals surface area contributed by atoms with Crippen LogP contribution in [0.5, 0.6) is 11.5 Å². The van der Waals surface area contributed by atoms with Crippen LogP contribution in [0.25, 0.3) is 11.1 Å². The van der Waals surface area contributed by atoms with E-state index in [0.717, 1.165) is 19.3 Å². The Morgan fingerprint density at radius 3 is 2.26 bits per heavy atom. The van der Waals surface area contributed by atoms with E-state index in [4.69, 9.17) is 0 Å². The van der Waals surface area contributed by atoms with E-state index in [9.17, 15) is 10.2 Å². The molecule has 0 saturated heterocycles. The second-order valence-electron chi connectivity index (χ2n) is 6.26. The zero-order valence-corrected chi connectivity index (χ0v) is 13.8. The van der Waals surface area contributed by atoms with Crippen LogP contribution in [0.1, 0.15) is 62.1 Å². The van der Waals surface area contributed by atoms with Gasteiger partial charge in [-0.05, 0) is 64.9 Å². The molecule has 0 radical (unpaired) electrons. The van der Waals surface area contributed by atoms with Crippen LogP contribution in [-0.4, -0.2) is 10.2 Å². The molecule has 0 unspecified atom stereocenters. The van der Waals surface area contributed by atoms with E-state index in [2.05, 4.69) is 19.9 Å². The molecule has 0 spiro atoms. The Morgan fingerprint density at radius 1 is 0.913 bits per heavy atom. The number of aromatic hydroxyl groups is 2. The SMILES string of the molecule is CCCC[C@@H]1C(c2ccc(O)cc2)=C(CC)c2ccc(O)cc21. The van der Waals surface area contributed by atoms with Gasteiger partial charge in [-0.15, -0.1) is 0 Å². The summed E-state index contributed by atoms with van der Waals surface area (Å²) >= 11 is 0. The molecule has 1 aliphatic rings. The minimum Gasteiger partial charge on any atom is -0.508 e. The Labute approximate surface area is 138 Å². The van der Waals surface area contributed by atoms with Crippen LogP contribution in [-0.2, 0) is 0 Å². The molecular weight excluding hydrogens is 284 g/mol. The van der Waals surface area contributed by atoms with Gasteiger partial charge >= 0.3 is 0 Å². The number of fused-ring (bicyclic) bond motifs is 1. The summed E-state index contributed by atoms with van der Waals surface area (Å²) < 4.78 is 0. The van der Waals surface area contributed by atoms with Crippen molar-refractivity contribution in [3.63, 3.8) is 0 Å². The summed E-state index contributed by atoms with van der Waals surface area (Å²) in [4.78, 5) is 0. The molecule has 0 aromatic heterocycles. The van der Waals surface area contributed by atoms with Crippen LogP contribution in [0.4, 0.5) is 0 Å². The fraction of sp³-hybridized carbons (Fsp3) is 0.333. The second-order valence-corrected chi connectivity index (χ2v) is 6.26. The lowest BCUT2D eigenvalue weighted by Gasteiger charge is -2.18. The predicted molar refractivity (Wildman–Crippen MR) is 95.6 cm³/mol. The van der Waals surface area contributed by atoms with Crippen molar-refractivity contribution in [1.29, 1.82) is 0 Å². The summed E-state index contributed by atoms with van der Waals surface area (Å²) in [5, 5.41) is 19.5. The number of allylic oxidation sites excluding steroid dienone is 2. The van der Waals surface area contributed by atoms with Gasteiger partial charge in [0.2, 0.25) is 0 Å². The van der Waals surface area contributed by atoms with E-state index in [1.54, 1.807) is 18.2 Å². The quantitative estimate of drug-likeness (QED) is 0.743. The molecule has 2 heteroatoms. The van der Waals surface area contributed by atoms with Gasteiger partial charge in [0.25, 0.3) is 0 Å². The van der Waals surface area contributed by atoms with Crippen LogP contribution >= 0.6 is 0 Å². The molecular formula is C21H24O2. The maximum absolute atomic E-state index is 9.94. The van der Waals surface area contributed by atoms with Crippen LogP contribution in [0.15, 0.2) is 42.5 Å². The van der Waals surface area contributed by atoms with Crippen molar-refractivity contribution in [2.75, 3.05) is 0 Å². The van der Waals surface area contributed by atoms with Gasteiger partial charge in [-0.2, -0.15) is 0 Å². The molecule has 23 heavy (non-hydrogen) atoms. The standard InChI is InChI=1S/C21H24O2/c1-3-5-6-19-20-13-16(23)11-12-18(20)17(4-2)21(19)14-7-9-15(22)10-8-14/h7-13,19,22-23H,3-6H2,1-2H3/t19-/m0/s1. The zero-order chi connectivity index (χ0) is 16.4. The second kappa shape index (κ2) is 6.49. The minimum atomic E-state index is 0.297. The van der Waals surface area contributed by atoms with Gasteiger partial charge in [-0.3, -0.25) is 0 Å². The van der Waals surface area contributed by atoms with E-state index in [1.165, 1.54) is 34.3 Å². The molecule has 2 aromatic rings. The summed E-state index contributed by atoms with van der Waals surface area (Å²) in [5.41, 5.74) is 6.43. The maximum atomic E-state index is 9.94. The van der Waals surface area contributed by atoms with Crippen LogP contribution in [0.2, 0.25) is 0 Å². The molecule has 120 valence electrons. The van der Waals surface area contributed by atoms with Crippen molar-refractivity contribution in [2.45, 2.75) is 45.4 Å². The third-order valence-corrected chi connectivity index (χ3v) is 4.79. The van der Waals surface area contributed by atoms with Gasteiger partial charge in [0.15, 0.2) is 0 Å². The number of hydrogen-bond acceptors (Lipinski definition) is 2. The number of hydrogen-bond donors (Lipinski definition) is 2. The number of unbranched alkanes of at least 4 members (excludes halogenated alkanes) is 1. The highest BCUT2D eigenvalue weighted by Gasteiger charge is 2.31. The third-order valence-electron chi connectivity index (χ3n) is 4.79. The fourth-order valence-electron chi connectivity index (χ4n) is 3.73. The van der Waals surface area contributed by atoms with Gasteiger partial charge in [0.1, 0.15) is 11.5 Å². The summed E-state index contributed by atoms with van der Waals surface area (Å²) in [6, 6.07) is 13.3. The Morgan fingerprint density at radius 2 is 1.61 bits per heavy atom. The topological polar surface area (TPSA) is 40.5 Å². The highest BCUT2D eigenvalue weighted by Crippen LogP contribution is 2.51. The number of phenols is 2. The minimum absolute atomic E-state index is 0.297. The summed E-state index contributed by atoms with van der Waals surface area (Å²) in [5.74, 6) is 0.967. The molecule has 0 fully saturated rings. The van der Waals surface area contributed by atoms with E-state index < -0.39 is 0 Å². The molecule has 1 atom stereocenters. The van der Waals surface area contributed by atoms with Crippen LogP contribution in [0, 0.1) is 0 Å². The van der Waals surface area contributed by atoms with Gasteiger partial charge < -0.3 is 10.2 Å². The molecule has 2 N–H and O–H groups in total. The molecule has 1 aliphatic carbocycles. The lowest BCUT2D eigenvalue weighted by atomic mass is 9.86. The van der Waals surface area contributed by atoms with E-state index in [-0.39, 0.29) is 0 Å². The van der Waals surface area contributed by atoms with Crippen LogP contribution in [0.3, 0.4) is 0 Å². The smallest absolute Gasteiger partial charge is 0.115 e. The van der Waals surface area contributed by atoms with Crippen molar-refractivity contribution < 1.29 is 10.2 Å². The predicted octanol–water partition coefficient (Wildman–Crippen LogP) is 5.71. The number of phenolic OH excluding ortho intramolecular Hbond substituents is 2. The molecule has 0 saturated carbocycles. The first-order valence-corrected chi connectivity index (χ1v) is 8.51. The largest absolute Gasteiger partial charge is 0.508 e. The van der Waals surface area contributed by atoms with Crippen molar-refractivity contribution in [3.8, 4) is 11.5 Å². The Balaban J connectivity index is 2.14. The maximum Gasteiger partial charge on any atom is 0.115 e. The highest BCUT2D eigenvalue weighted by molar-refractivity contribution is 5.99. The molecule has 0 heterocycles. The van der Waals surface area contributed by atoms with E-state index in [1.807, 2.05) is 18.2 Å². The Bertz CT molecular complexity index is 726. The summed E-state index contributed by atoms with van der Waals surface area (Å²) in [6.45, 7) is 4.40. The first kappa shape index (κ1) is 15.7. The lowest BCUT2D eigenvalue weighted by Crippen LogP contribution is -1.99. The lowest BCUT2D eigenvalue weighted by molar-refractivity contribution is 0.474. The first-order chi connectivity index (χ1) is 11.2. The van der Waals surface area contributed by atoms with Gasteiger partial charge in [-0.1, -0.05) is 44.9 Å². The van der Waals surface area contributed by atoms with E-state index in [0.29, 0.717) is 17.4 Å². The number of benzene rings is 2. The van der Waals surface area contributed by atoms with Crippen molar-refractivity contribution in [2.24, 2.45) is 0 Å². The van der Waals surface area contributed by atoms with Gasteiger partial charge in [0, 0.05) is 5.92 Å². The van der Waals surface area contributed by atoms with Crippen molar-refractivity contribution >= 4 is 11.1 Å². The molecule has 2 aromatic carbocycles. The highest BCUT2D eigenvalue weighted by atomic mass is 16.3. The summed E-state index contributed by atoms with van der Waals surface area (Å²) in [6.07, 6.45) is 4.39. The normalized spacial score (nSPS) is 16.7. The Kier molecular flexibility index (Phi) is 4.42. The average Bonchev–Trinajstić information content (AvgIpc) is 2.86. The first-order valence-electron chi connectivity index (χ1n) is 8.51. The average molecular weight is 308 g/mol. The third kappa shape index (κ3) is 2.86. The Hall–Kier alpha value is -2.22. The molecule has 0 bridgehead atoms.